The van der Waals surface area contributed by atoms with E-state index in [1.165, 1.54) is 4.90 Å². The van der Waals surface area contributed by atoms with Gasteiger partial charge in [-0.2, -0.15) is 0 Å². The zero-order valence-electron chi connectivity index (χ0n) is 13.5. The lowest BCUT2D eigenvalue weighted by molar-refractivity contribution is -0.115. The van der Waals surface area contributed by atoms with Gasteiger partial charge in [-0.05, 0) is 19.8 Å². The molecule has 3 atom stereocenters. The molecule has 1 saturated carbocycles. The molecule has 5 nitrogen and oxygen atoms in total. The summed E-state index contributed by atoms with van der Waals surface area (Å²) in [6.07, 6.45) is 2.80. The van der Waals surface area contributed by atoms with Crippen molar-refractivity contribution < 1.29 is 14.6 Å². The minimum Gasteiger partial charge on any atom is -0.392 e. The number of carbonyl (C=O) groups is 1. The molecule has 3 unspecified atom stereocenters. The molecule has 1 aliphatic carbocycles. The molecule has 0 aromatic rings. The van der Waals surface area contributed by atoms with E-state index in [4.69, 9.17) is 4.74 Å². The summed E-state index contributed by atoms with van der Waals surface area (Å²) >= 11 is 0. The quantitative estimate of drug-likeness (QED) is 0.704. The number of amides is 2. The van der Waals surface area contributed by atoms with Crippen LogP contribution < -0.4 is 5.32 Å². The maximum Gasteiger partial charge on any atom is 0.317 e. The van der Waals surface area contributed by atoms with Crippen LogP contribution in [0, 0.1) is 5.41 Å². The zero-order valence-corrected chi connectivity index (χ0v) is 13.5. The summed E-state index contributed by atoms with van der Waals surface area (Å²) in [5.74, 6) is 0. The second-order valence-electron chi connectivity index (χ2n) is 6.50. The predicted molar refractivity (Wildman–Crippen MR) is 79.7 cm³/mol. The highest BCUT2D eigenvalue weighted by Crippen LogP contribution is 2.42. The van der Waals surface area contributed by atoms with Gasteiger partial charge in [0, 0.05) is 31.7 Å². The number of hydrogen-bond acceptors (Lipinski definition) is 3. The van der Waals surface area contributed by atoms with Crippen molar-refractivity contribution in [2.75, 3.05) is 20.2 Å². The van der Waals surface area contributed by atoms with E-state index in [2.05, 4.69) is 26.1 Å². The van der Waals surface area contributed by atoms with E-state index in [9.17, 15) is 9.90 Å². The number of ether oxygens (including phenoxy) is 1. The molecule has 5 heteroatoms. The van der Waals surface area contributed by atoms with Crippen molar-refractivity contribution in [2.24, 2.45) is 5.41 Å². The lowest BCUT2D eigenvalue weighted by atomic mass is 9.64. The number of aliphatic hydroxyl groups is 1. The fraction of sp³-hybridized carbons (Fsp3) is 0.933. The number of rotatable bonds is 7. The molecule has 2 N–H and O–H groups in total. The molecule has 0 aromatic carbocycles. The second-order valence-corrected chi connectivity index (χ2v) is 6.50. The summed E-state index contributed by atoms with van der Waals surface area (Å²) in [4.78, 5) is 13.5. The Balaban J connectivity index is 2.37. The van der Waals surface area contributed by atoms with Crippen molar-refractivity contribution in [1.29, 1.82) is 0 Å². The summed E-state index contributed by atoms with van der Waals surface area (Å²) in [7, 11) is 1.70. The molecule has 0 spiro atoms. The average molecular weight is 286 g/mol. The number of hydrogen-bond donors (Lipinski definition) is 2. The molecule has 0 aromatic heterocycles. The van der Waals surface area contributed by atoms with E-state index < -0.39 is 6.10 Å². The second kappa shape index (κ2) is 7.27. The number of unbranched alkanes of at least 4 members (excludes halogenated alkanes) is 1. The molecule has 0 saturated heterocycles. The Morgan fingerprint density at radius 1 is 1.55 bits per heavy atom. The zero-order chi connectivity index (χ0) is 15.3. The van der Waals surface area contributed by atoms with Crippen molar-refractivity contribution in [3.63, 3.8) is 0 Å². The van der Waals surface area contributed by atoms with Crippen LogP contribution in [-0.4, -0.2) is 54.5 Å². The van der Waals surface area contributed by atoms with Gasteiger partial charge in [-0.3, -0.25) is 0 Å². The molecular weight excluding hydrogens is 256 g/mol. The Hall–Kier alpha value is -0.810. The van der Waals surface area contributed by atoms with Crippen LogP contribution in [0.2, 0.25) is 0 Å². The first-order chi connectivity index (χ1) is 9.28. The summed E-state index contributed by atoms with van der Waals surface area (Å²) in [6, 6.07) is 0.00839. The third kappa shape index (κ3) is 4.35. The van der Waals surface area contributed by atoms with Crippen molar-refractivity contribution in [3.05, 3.63) is 0 Å². The molecule has 20 heavy (non-hydrogen) atoms. The average Bonchev–Trinajstić information content (AvgIpc) is 2.35. The van der Waals surface area contributed by atoms with Crippen LogP contribution in [0.4, 0.5) is 4.79 Å². The molecule has 0 radical (unpaired) electrons. The van der Waals surface area contributed by atoms with Crippen LogP contribution in [-0.2, 0) is 4.74 Å². The number of likely N-dealkylation sites (N-methyl/N-ethyl adjacent to an activating group) is 1. The standard InChI is InChI=1S/C15H30N2O3/c1-6-7-8-20-13-9-12(15(13,3)4)16-14(19)17(5)10-11(2)18/h11-13,18H,6-10H2,1-5H3,(H,16,19). The predicted octanol–water partition coefficient (Wildman–Crippen LogP) is 1.99. The van der Waals surface area contributed by atoms with Gasteiger partial charge in [0.25, 0.3) is 0 Å². The van der Waals surface area contributed by atoms with E-state index in [1.54, 1.807) is 14.0 Å². The normalized spacial score (nSPS) is 25.7. The summed E-state index contributed by atoms with van der Waals surface area (Å²) in [5.41, 5.74) is -0.0327. The van der Waals surface area contributed by atoms with Crippen molar-refractivity contribution in [3.8, 4) is 0 Å². The van der Waals surface area contributed by atoms with E-state index in [0.717, 1.165) is 25.9 Å². The van der Waals surface area contributed by atoms with Crippen LogP contribution in [0.5, 0.6) is 0 Å². The number of nitrogens with one attached hydrogen (secondary N) is 1. The van der Waals surface area contributed by atoms with Gasteiger partial charge in [0.15, 0.2) is 0 Å². The van der Waals surface area contributed by atoms with E-state index in [-0.39, 0.29) is 23.6 Å². The molecule has 1 aliphatic rings. The SMILES string of the molecule is CCCCOC1CC(NC(=O)N(C)CC(C)O)C1(C)C. The first kappa shape index (κ1) is 17.2. The van der Waals surface area contributed by atoms with Gasteiger partial charge in [0.05, 0.1) is 12.2 Å². The van der Waals surface area contributed by atoms with Gasteiger partial charge in [-0.15, -0.1) is 0 Å². The van der Waals surface area contributed by atoms with Crippen LogP contribution in [0.15, 0.2) is 0 Å². The maximum absolute atomic E-state index is 12.0. The molecule has 0 bridgehead atoms. The highest BCUT2D eigenvalue weighted by Gasteiger charge is 2.49. The Labute approximate surface area is 122 Å². The van der Waals surface area contributed by atoms with E-state index in [0.29, 0.717) is 6.54 Å². The first-order valence-electron chi connectivity index (χ1n) is 7.60. The highest BCUT2D eigenvalue weighted by atomic mass is 16.5. The first-order valence-corrected chi connectivity index (χ1v) is 7.60. The Morgan fingerprint density at radius 2 is 2.20 bits per heavy atom. The Morgan fingerprint density at radius 3 is 2.70 bits per heavy atom. The summed E-state index contributed by atoms with van der Waals surface area (Å²) in [5, 5.41) is 12.3. The van der Waals surface area contributed by atoms with Crippen molar-refractivity contribution in [1.82, 2.24) is 10.2 Å². The van der Waals surface area contributed by atoms with Gasteiger partial charge < -0.3 is 20.1 Å². The van der Waals surface area contributed by atoms with Crippen LogP contribution >= 0.6 is 0 Å². The minimum atomic E-state index is -0.509. The Kier molecular flexibility index (Phi) is 6.27. The molecule has 1 rings (SSSR count). The topological polar surface area (TPSA) is 61.8 Å². The number of aliphatic hydroxyl groups excluding tert-OH is 1. The van der Waals surface area contributed by atoms with Crippen LogP contribution in [0.1, 0.15) is 47.0 Å². The number of carbonyl (C=O) groups excluding carboxylic acids is 1. The molecule has 1 fully saturated rings. The minimum absolute atomic E-state index is 0.0327. The lowest BCUT2D eigenvalue weighted by Gasteiger charge is -2.51. The fourth-order valence-electron chi connectivity index (χ4n) is 2.52. The number of urea groups is 1. The van der Waals surface area contributed by atoms with Crippen molar-refractivity contribution in [2.45, 2.75) is 65.2 Å². The van der Waals surface area contributed by atoms with Gasteiger partial charge in [0.1, 0.15) is 0 Å². The van der Waals surface area contributed by atoms with Gasteiger partial charge in [-0.1, -0.05) is 27.2 Å². The van der Waals surface area contributed by atoms with Crippen LogP contribution in [0.25, 0.3) is 0 Å². The van der Waals surface area contributed by atoms with E-state index >= 15 is 0 Å². The molecule has 0 aliphatic heterocycles. The molecule has 2 amide bonds. The van der Waals surface area contributed by atoms with Gasteiger partial charge >= 0.3 is 6.03 Å². The third-order valence-electron chi connectivity index (χ3n) is 4.18. The fourth-order valence-corrected chi connectivity index (χ4v) is 2.52. The molecule has 0 heterocycles. The largest absolute Gasteiger partial charge is 0.392 e. The Bertz CT molecular complexity index is 318. The summed E-state index contributed by atoms with van der Waals surface area (Å²) < 4.78 is 5.87. The van der Waals surface area contributed by atoms with E-state index in [1.807, 2.05) is 0 Å². The number of nitrogens with zero attached hydrogens (tertiary/aromatic N) is 1. The summed E-state index contributed by atoms with van der Waals surface area (Å²) in [6.45, 7) is 9.23. The van der Waals surface area contributed by atoms with Gasteiger partial charge in [-0.25, -0.2) is 4.79 Å². The van der Waals surface area contributed by atoms with Gasteiger partial charge in [0.2, 0.25) is 0 Å². The lowest BCUT2D eigenvalue weighted by Crippen LogP contribution is -2.63. The molecule has 118 valence electrons. The van der Waals surface area contributed by atoms with Crippen molar-refractivity contribution >= 4 is 6.03 Å². The highest BCUT2D eigenvalue weighted by molar-refractivity contribution is 5.74. The van der Waals surface area contributed by atoms with Crippen LogP contribution in [0.3, 0.4) is 0 Å². The molecular formula is C15H30N2O3. The maximum atomic E-state index is 12.0. The third-order valence-corrected chi connectivity index (χ3v) is 4.18. The monoisotopic (exact) mass is 286 g/mol. The smallest absolute Gasteiger partial charge is 0.317 e.